The summed E-state index contributed by atoms with van der Waals surface area (Å²) in [5.74, 6) is 0.747. The van der Waals surface area contributed by atoms with Gasteiger partial charge in [0.2, 0.25) is 10.0 Å². The first kappa shape index (κ1) is 16.1. The molecule has 0 fully saturated rings. The fourth-order valence-electron chi connectivity index (χ4n) is 2.19. The van der Waals surface area contributed by atoms with Crippen LogP contribution < -0.4 is 10.0 Å². The van der Waals surface area contributed by atoms with Crippen molar-refractivity contribution in [1.29, 1.82) is 0 Å². The van der Waals surface area contributed by atoms with E-state index in [4.69, 9.17) is 0 Å². The topological polar surface area (TPSA) is 96.9 Å². The summed E-state index contributed by atoms with van der Waals surface area (Å²) in [5, 5.41) is 3.16. The van der Waals surface area contributed by atoms with Gasteiger partial charge in [-0.25, -0.2) is 18.4 Å². The molecule has 0 bridgehead atoms. The molecule has 0 spiro atoms. The number of benzene rings is 1. The molecular formula is C16H17N5O2S. The predicted molar refractivity (Wildman–Crippen MR) is 94.8 cm³/mol. The molecule has 0 unspecified atom stereocenters. The number of sulfonamides is 1. The summed E-state index contributed by atoms with van der Waals surface area (Å²) in [6, 6.07) is 10.6. The van der Waals surface area contributed by atoms with Crippen LogP contribution in [-0.2, 0) is 10.0 Å². The monoisotopic (exact) mass is 343 g/mol. The zero-order valence-corrected chi connectivity index (χ0v) is 13.9. The minimum Gasteiger partial charge on any atom is -0.340 e. The second-order valence-electron chi connectivity index (χ2n) is 5.22. The van der Waals surface area contributed by atoms with Crippen molar-refractivity contribution in [2.24, 2.45) is 0 Å². The third-order valence-corrected chi connectivity index (χ3v) is 4.73. The third kappa shape index (κ3) is 3.96. The summed E-state index contributed by atoms with van der Waals surface area (Å²) in [6.45, 7) is 1.83. The molecular weight excluding hydrogens is 326 g/mol. The van der Waals surface area contributed by atoms with Gasteiger partial charge >= 0.3 is 0 Å². The molecule has 2 N–H and O–H groups in total. The van der Waals surface area contributed by atoms with Crippen molar-refractivity contribution >= 4 is 38.4 Å². The minimum atomic E-state index is -3.28. The second-order valence-corrected chi connectivity index (χ2v) is 7.06. The average molecular weight is 343 g/mol. The lowest BCUT2D eigenvalue weighted by Gasteiger charge is -2.09. The summed E-state index contributed by atoms with van der Waals surface area (Å²) in [7, 11) is -3.28. The molecule has 24 heavy (non-hydrogen) atoms. The number of hydrogen-bond acceptors (Lipinski definition) is 6. The maximum absolute atomic E-state index is 11.8. The van der Waals surface area contributed by atoms with Gasteiger partial charge in [0.15, 0.2) is 5.65 Å². The molecule has 0 saturated heterocycles. The molecule has 0 aliphatic carbocycles. The van der Waals surface area contributed by atoms with Gasteiger partial charge in [0.1, 0.15) is 11.3 Å². The van der Waals surface area contributed by atoms with Gasteiger partial charge in [-0.3, -0.25) is 9.71 Å². The molecule has 2 heterocycles. The lowest BCUT2D eigenvalue weighted by atomic mass is 10.3. The fourth-order valence-corrected chi connectivity index (χ4v) is 3.33. The highest BCUT2D eigenvalue weighted by Crippen LogP contribution is 2.19. The second kappa shape index (κ2) is 6.79. The fraction of sp³-hybridized carbons (Fsp3) is 0.188. The molecule has 0 aliphatic heterocycles. The van der Waals surface area contributed by atoms with Crippen LogP contribution in [0.3, 0.4) is 0 Å². The SMILES string of the molecule is CCCS(=O)(=O)Nc1ccc(Nc2ccc3nccnc3n2)cc1. The average Bonchev–Trinajstić information content (AvgIpc) is 2.56. The zero-order valence-electron chi connectivity index (χ0n) is 13.1. The minimum absolute atomic E-state index is 0.106. The Kier molecular flexibility index (Phi) is 4.57. The number of aromatic nitrogens is 3. The van der Waals surface area contributed by atoms with Crippen LogP contribution in [0.2, 0.25) is 0 Å². The van der Waals surface area contributed by atoms with E-state index < -0.39 is 10.0 Å². The van der Waals surface area contributed by atoms with E-state index >= 15 is 0 Å². The van der Waals surface area contributed by atoms with Crippen molar-refractivity contribution in [2.45, 2.75) is 13.3 Å². The van der Waals surface area contributed by atoms with E-state index in [1.54, 1.807) is 36.7 Å². The Hall–Kier alpha value is -2.74. The summed E-state index contributed by atoms with van der Waals surface area (Å²) < 4.78 is 26.0. The molecule has 0 radical (unpaired) electrons. The van der Waals surface area contributed by atoms with E-state index in [1.165, 1.54) is 0 Å². The summed E-state index contributed by atoms with van der Waals surface area (Å²) >= 11 is 0. The lowest BCUT2D eigenvalue weighted by molar-refractivity contribution is 0.600. The standard InChI is InChI=1S/C16H17N5O2S/c1-2-11-24(22,23)21-13-5-3-12(4-6-13)19-15-8-7-14-16(20-15)18-10-9-17-14/h3-10,21H,2,11H2,1H3,(H,18,19,20). The molecule has 2 aromatic heterocycles. The molecule has 3 aromatic rings. The van der Waals surface area contributed by atoms with Crippen LogP contribution in [0.15, 0.2) is 48.8 Å². The van der Waals surface area contributed by atoms with Crippen molar-refractivity contribution in [3.8, 4) is 0 Å². The Morgan fingerprint density at radius 2 is 1.67 bits per heavy atom. The van der Waals surface area contributed by atoms with E-state index in [2.05, 4.69) is 25.0 Å². The van der Waals surface area contributed by atoms with Gasteiger partial charge in [-0.1, -0.05) is 6.92 Å². The number of hydrogen-bond donors (Lipinski definition) is 2. The van der Waals surface area contributed by atoms with Crippen LogP contribution in [-0.4, -0.2) is 29.1 Å². The summed E-state index contributed by atoms with van der Waals surface area (Å²) in [4.78, 5) is 12.7. The molecule has 0 saturated carbocycles. The van der Waals surface area contributed by atoms with E-state index in [-0.39, 0.29) is 5.75 Å². The molecule has 1 aromatic carbocycles. The van der Waals surface area contributed by atoms with E-state index in [9.17, 15) is 8.42 Å². The summed E-state index contributed by atoms with van der Waals surface area (Å²) in [5.41, 5.74) is 2.62. The smallest absolute Gasteiger partial charge is 0.232 e. The quantitative estimate of drug-likeness (QED) is 0.714. The molecule has 8 heteroatoms. The molecule has 0 atom stereocenters. The van der Waals surface area contributed by atoms with Crippen molar-refractivity contribution < 1.29 is 8.42 Å². The van der Waals surface area contributed by atoms with Crippen molar-refractivity contribution in [1.82, 2.24) is 15.0 Å². The number of anilines is 3. The predicted octanol–water partition coefficient (Wildman–Crippen LogP) is 2.92. The lowest BCUT2D eigenvalue weighted by Crippen LogP contribution is -2.15. The maximum Gasteiger partial charge on any atom is 0.232 e. The highest BCUT2D eigenvalue weighted by molar-refractivity contribution is 7.92. The molecule has 3 rings (SSSR count). The van der Waals surface area contributed by atoms with Crippen LogP contribution in [0, 0.1) is 0 Å². The van der Waals surface area contributed by atoms with E-state index in [0.717, 1.165) is 11.2 Å². The van der Waals surface area contributed by atoms with Gasteiger partial charge in [-0.15, -0.1) is 0 Å². The highest BCUT2D eigenvalue weighted by atomic mass is 32.2. The van der Waals surface area contributed by atoms with Crippen LogP contribution in [0.4, 0.5) is 17.2 Å². The molecule has 124 valence electrons. The van der Waals surface area contributed by atoms with Gasteiger partial charge in [0.05, 0.1) is 5.75 Å². The number of fused-ring (bicyclic) bond motifs is 1. The van der Waals surface area contributed by atoms with Crippen molar-refractivity contribution in [3.05, 3.63) is 48.8 Å². The third-order valence-electron chi connectivity index (χ3n) is 3.24. The Labute approximate surface area is 140 Å². The largest absolute Gasteiger partial charge is 0.340 e. The first-order chi connectivity index (χ1) is 11.6. The van der Waals surface area contributed by atoms with Gasteiger partial charge in [-0.05, 0) is 42.8 Å². The van der Waals surface area contributed by atoms with E-state index in [0.29, 0.717) is 23.6 Å². The van der Waals surface area contributed by atoms with Gasteiger partial charge in [0.25, 0.3) is 0 Å². The molecule has 7 nitrogen and oxygen atoms in total. The van der Waals surface area contributed by atoms with Crippen LogP contribution in [0.1, 0.15) is 13.3 Å². The number of nitrogens with one attached hydrogen (secondary N) is 2. The van der Waals surface area contributed by atoms with Gasteiger partial charge in [-0.2, -0.15) is 0 Å². The number of rotatable bonds is 6. The molecule has 0 amide bonds. The molecule has 0 aliphatic rings. The first-order valence-electron chi connectivity index (χ1n) is 7.51. The first-order valence-corrected chi connectivity index (χ1v) is 9.16. The van der Waals surface area contributed by atoms with Crippen molar-refractivity contribution in [3.63, 3.8) is 0 Å². The maximum atomic E-state index is 11.8. The Balaban J connectivity index is 1.73. The zero-order chi connectivity index (χ0) is 17.0. The Morgan fingerprint density at radius 3 is 2.42 bits per heavy atom. The summed E-state index contributed by atoms with van der Waals surface area (Å²) in [6.07, 6.45) is 3.79. The Bertz CT molecular complexity index is 942. The number of nitrogens with zero attached hydrogens (tertiary/aromatic N) is 3. The Morgan fingerprint density at radius 1 is 0.958 bits per heavy atom. The number of pyridine rings is 1. The van der Waals surface area contributed by atoms with Crippen LogP contribution in [0.5, 0.6) is 0 Å². The van der Waals surface area contributed by atoms with Gasteiger partial charge < -0.3 is 5.32 Å². The van der Waals surface area contributed by atoms with E-state index in [1.807, 2.05) is 19.1 Å². The van der Waals surface area contributed by atoms with Crippen LogP contribution in [0.25, 0.3) is 11.2 Å². The van der Waals surface area contributed by atoms with Gasteiger partial charge in [0, 0.05) is 23.8 Å². The van der Waals surface area contributed by atoms with Crippen LogP contribution >= 0.6 is 0 Å². The highest BCUT2D eigenvalue weighted by Gasteiger charge is 2.08. The normalized spacial score (nSPS) is 11.4. The van der Waals surface area contributed by atoms with Crippen molar-refractivity contribution in [2.75, 3.05) is 15.8 Å².